The van der Waals surface area contributed by atoms with Crippen LogP contribution in [-0.4, -0.2) is 29.5 Å². The predicted molar refractivity (Wildman–Crippen MR) is 72.0 cm³/mol. The second-order valence-corrected chi connectivity index (χ2v) is 4.88. The quantitative estimate of drug-likeness (QED) is 0.664. The summed E-state index contributed by atoms with van der Waals surface area (Å²) in [6.45, 7) is 5.54. The first-order chi connectivity index (χ1) is 8.91. The van der Waals surface area contributed by atoms with Crippen LogP contribution >= 0.6 is 11.6 Å². The molecule has 0 spiro atoms. The van der Waals surface area contributed by atoms with Crippen molar-refractivity contribution < 1.29 is 14.3 Å². The van der Waals surface area contributed by atoms with Gasteiger partial charge in [0.25, 0.3) is 5.91 Å². The summed E-state index contributed by atoms with van der Waals surface area (Å²) in [4.78, 5) is 27.0. The van der Waals surface area contributed by atoms with E-state index in [2.05, 4.69) is 10.3 Å². The van der Waals surface area contributed by atoms with Crippen LogP contribution in [0.1, 0.15) is 31.1 Å². The summed E-state index contributed by atoms with van der Waals surface area (Å²) >= 11 is 5.75. The highest BCUT2D eigenvalue weighted by molar-refractivity contribution is 6.32. The Hall–Kier alpha value is -1.62. The SMILES string of the molecule is CC(C)[C@H](C)NC(=O)COC(=O)c1cccnc1Cl. The molecule has 0 aliphatic carbocycles. The van der Waals surface area contributed by atoms with E-state index < -0.39 is 5.97 Å². The Morgan fingerprint density at radius 2 is 2.11 bits per heavy atom. The van der Waals surface area contributed by atoms with Crippen molar-refractivity contribution in [3.8, 4) is 0 Å². The lowest BCUT2D eigenvalue weighted by Crippen LogP contribution is -2.38. The number of rotatable bonds is 5. The van der Waals surface area contributed by atoms with Crippen molar-refractivity contribution in [3.05, 3.63) is 29.0 Å². The van der Waals surface area contributed by atoms with Crippen LogP contribution < -0.4 is 5.32 Å². The van der Waals surface area contributed by atoms with E-state index in [-0.39, 0.29) is 29.3 Å². The number of nitrogens with one attached hydrogen (secondary N) is 1. The third-order valence-corrected chi connectivity index (χ3v) is 3.00. The molecule has 0 aliphatic rings. The molecule has 0 unspecified atom stereocenters. The average molecular weight is 285 g/mol. The van der Waals surface area contributed by atoms with Gasteiger partial charge in [-0.15, -0.1) is 0 Å². The van der Waals surface area contributed by atoms with Crippen LogP contribution in [0, 0.1) is 5.92 Å². The monoisotopic (exact) mass is 284 g/mol. The van der Waals surface area contributed by atoms with Crippen LogP contribution in [0.2, 0.25) is 5.15 Å². The molecule has 0 aromatic carbocycles. The van der Waals surface area contributed by atoms with Crippen molar-refractivity contribution in [2.24, 2.45) is 5.92 Å². The predicted octanol–water partition coefficient (Wildman–Crippen LogP) is 2.05. The van der Waals surface area contributed by atoms with Gasteiger partial charge in [-0.25, -0.2) is 9.78 Å². The van der Waals surface area contributed by atoms with Gasteiger partial charge in [-0.1, -0.05) is 25.4 Å². The highest BCUT2D eigenvalue weighted by Gasteiger charge is 2.15. The van der Waals surface area contributed by atoms with Gasteiger partial charge in [0, 0.05) is 12.2 Å². The second kappa shape index (κ2) is 7.09. The molecule has 1 aromatic heterocycles. The fraction of sp³-hybridized carbons (Fsp3) is 0.462. The van der Waals surface area contributed by atoms with E-state index in [1.165, 1.54) is 12.3 Å². The molecule has 0 bridgehead atoms. The lowest BCUT2D eigenvalue weighted by atomic mass is 10.1. The Balaban J connectivity index is 2.47. The molecule has 1 N–H and O–H groups in total. The summed E-state index contributed by atoms with van der Waals surface area (Å²) in [5.41, 5.74) is 0.147. The lowest BCUT2D eigenvalue weighted by molar-refractivity contribution is -0.125. The van der Waals surface area contributed by atoms with E-state index in [1.807, 2.05) is 20.8 Å². The Kier molecular flexibility index (Phi) is 5.76. The molecule has 5 nitrogen and oxygen atoms in total. The van der Waals surface area contributed by atoms with Gasteiger partial charge in [-0.3, -0.25) is 4.79 Å². The molecule has 19 heavy (non-hydrogen) atoms. The molecule has 0 aliphatic heterocycles. The number of hydrogen-bond donors (Lipinski definition) is 1. The zero-order chi connectivity index (χ0) is 14.4. The first-order valence-corrected chi connectivity index (χ1v) is 6.36. The van der Waals surface area contributed by atoms with Crippen molar-refractivity contribution in [2.45, 2.75) is 26.8 Å². The third kappa shape index (κ3) is 4.87. The fourth-order valence-corrected chi connectivity index (χ4v) is 1.41. The van der Waals surface area contributed by atoms with Crippen molar-refractivity contribution in [1.29, 1.82) is 0 Å². The maximum atomic E-state index is 11.7. The number of aromatic nitrogens is 1. The molecule has 6 heteroatoms. The summed E-state index contributed by atoms with van der Waals surface area (Å²) in [5, 5.41) is 2.79. The number of esters is 1. The van der Waals surface area contributed by atoms with Crippen LogP contribution in [0.3, 0.4) is 0 Å². The number of carbonyl (C=O) groups excluding carboxylic acids is 2. The van der Waals surface area contributed by atoms with E-state index >= 15 is 0 Å². The number of carbonyl (C=O) groups is 2. The normalized spacial score (nSPS) is 12.1. The Bertz CT molecular complexity index is 463. The van der Waals surface area contributed by atoms with Gasteiger partial charge in [0.2, 0.25) is 0 Å². The topological polar surface area (TPSA) is 68.3 Å². The minimum absolute atomic E-state index is 0.0215. The Morgan fingerprint density at radius 1 is 1.42 bits per heavy atom. The largest absolute Gasteiger partial charge is 0.452 e. The van der Waals surface area contributed by atoms with Gasteiger partial charge in [0.1, 0.15) is 5.15 Å². The molecule has 0 saturated heterocycles. The number of amides is 1. The first-order valence-electron chi connectivity index (χ1n) is 5.98. The molecule has 1 heterocycles. The molecule has 1 aromatic rings. The van der Waals surface area contributed by atoms with Crippen LogP contribution in [0.4, 0.5) is 0 Å². The minimum Gasteiger partial charge on any atom is -0.452 e. The van der Waals surface area contributed by atoms with Gasteiger partial charge in [-0.2, -0.15) is 0 Å². The van der Waals surface area contributed by atoms with Crippen molar-refractivity contribution in [3.63, 3.8) is 0 Å². The third-order valence-electron chi connectivity index (χ3n) is 2.70. The van der Waals surface area contributed by atoms with E-state index in [9.17, 15) is 9.59 Å². The van der Waals surface area contributed by atoms with Gasteiger partial charge in [-0.05, 0) is 25.0 Å². The highest BCUT2D eigenvalue weighted by Crippen LogP contribution is 2.12. The highest BCUT2D eigenvalue weighted by atomic mass is 35.5. The molecule has 0 radical (unpaired) electrons. The van der Waals surface area contributed by atoms with Gasteiger partial charge in [0.15, 0.2) is 6.61 Å². The molecule has 1 amide bonds. The molecule has 1 rings (SSSR count). The van der Waals surface area contributed by atoms with Crippen LogP contribution in [0.5, 0.6) is 0 Å². The second-order valence-electron chi connectivity index (χ2n) is 4.52. The molecule has 0 saturated carbocycles. The average Bonchev–Trinajstić information content (AvgIpc) is 2.36. The summed E-state index contributed by atoms with van der Waals surface area (Å²) in [6.07, 6.45) is 1.47. The Labute approximate surface area is 117 Å². The molecule has 104 valence electrons. The zero-order valence-electron chi connectivity index (χ0n) is 11.1. The molecular formula is C13H17ClN2O3. The van der Waals surface area contributed by atoms with Crippen molar-refractivity contribution >= 4 is 23.5 Å². The number of halogens is 1. The number of nitrogens with zero attached hydrogens (tertiary/aromatic N) is 1. The standard InChI is InChI=1S/C13H17ClN2O3/c1-8(2)9(3)16-11(17)7-19-13(18)10-5-4-6-15-12(10)14/h4-6,8-9H,7H2,1-3H3,(H,16,17)/t9-/m0/s1. The minimum atomic E-state index is -0.662. The van der Waals surface area contributed by atoms with E-state index in [0.29, 0.717) is 5.92 Å². The molecule has 0 fully saturated rings. The van der Waals surface area contributed by atoms with Crippen molar-refractivity contribution in [2.75, 3.05) is 6.61 Å². The maximum Gasteiger partial charge on any atom is 0.341 e. The number of hydrogen-bond acceptors (Lipinski definition) is 4. The van der Waals surface area contributed by atoms with Gasteiger partial charge >= 0.3 is 5.97 Å². The summed E-state index contributed by atoms with van der Waals surface area (Å²) in [6, 6.07) is 3.09. The molecule has 1 atom stereocenters. The van der Waals surface area contributed by atoms with Gasteiger partial charge in [0.05, 0.1) is 5.56 Å². The Morgan fingerprint density at radius 3 is 2.68 bits per heavy atom. The van der Waals surface area contributed by atoms with Crippen LogP contribution in [-0.2, 0) is 9.53 Å². The van der Waals surface area contributed by atoms with Crippen LogP contribution in [0.25, 0.3) is 0 Å². The van der Waals surface area contributed by atoms with Crippen LogP contribution in [0.15, 0.2) is 18.3 Å². The van der Waals surface area contributed by atoms with E-state index in [0.717, 1.165) is 0 Å². The van der Waals surface area contributed by atoms with E-state index in [1.54, 1.807) is 6.07 Å². The van der Waals surface area contributed by atoms with E-state index in [4.69, 9.17) is 16.3 Å². The van der Waals surface area contributed by atoms with Gasteiger partial charge < -0.3 is 10.1 Å². The zero-order valence-corrected chi connectivity index (χ0v) is 11.9. The lowest BCUT2D eigenvalue weighted by Gasteiger charge is -2.17. The van der Waals surface area contributed by atoms with Crippen molar-refractivity contribution in [1.82, 2.24) is 10.3 Å². The summed E-state index contributed by atoms with van der Waals surface area (Å²) in [7, 11) is 0. The fourth-order valence-electron chi connectivity index (χ4n) is 1.21. The molecular weight excluding hydrogens is 268 g/mol. The smallest absolute Gasteiger partial charge is 0.341 e. The summed E-state index contributed by atoms with van der Waals surface area (Å²) < 4.78 is 4.88. The first kappa shape index (κ1) is 15.4. The summed E-state index contributed by atoms with van der Waals surface area (Å²) in [5.74, 6) is -0.688. The number of ether oxygens (including phenoxy) is 1. The maximum absolute atomic E-state index is 11.7. The number of pyridine rings is 1.